The van der Waals surface area contributed by atoms with E-state index < -0.39 is 0 Å². The van der Waals surface area contributed by atoms with E-state index in [2.05, 4.69) is 367 Å². The van der Waals surface area contributed by atoms with Gasteiger partial charge < -0.3 is 9.13 Å². The molecule has 18 rings (SSSR count). The molecule has 0 bridgehead atoms. The molecule has 0 saturated heterocycles. The Labute approximate surface area is 793 Å². The van der Waals surface area contributed by atoms with Gasteiger partial charge in [-0.15, -0.1) is 107 Å². The van der Waals surface area contributed by atoms with Crippen LogP contribution in [0.15, 0.2) is 299 Å². The third-order valence-corrected chi connectivity index (χ3v) is 24.0. The van der Waals surface area contributed by atoms with E-state index in [9.17, 15) is 0 Å². The Morgan fingerprint density at radius 3 is 0.935 bits per heavy atom. The second-order valence-corrected chi connectivity index (χ2v) is 35.4. The molecule has 14 nitrogen and oxygen atoms in total. The summed E-state index contributed by atoms with van der Waals surface area (Å²) in [7, 11) is 0. The number of nitrogens with zero attached hydrogens (tertiary/aromatic N) is 14. The molecule has 0 amide bonds. The number of hydrogen-bond acceptors (Lipinski definition) is 14. The van der Waals surface area contributed by atoms with Crippen LogP contribution >= 0.6 is 23.5 Å². The first-order valence-electron chi connectivity index (χ1n) is 40.3. The maximum Gasteiger partial charge on any atom is 2.00 e. The minimum Gasteiger partial charge on any atom is -0.326 e. The average molecular weight is 2370 g/mol. The van der Waals surface area contributed by atoms with Gasteiger partial charge in [0.05, 0.1) is 0 Å². The summed E-state index contributed by atoms with van der Waals surface area (Å²) >= 11 is 3.23. The van der Waals surface area contributed by atoms with Gasteiger partial charge in [0.25, 0.3) is 11.9 Å². The molecule has 0 saturated carbocycles. The van der Waals surface area contributed by atoms with Crippen molar-refractivity contribution in [3.05, 3.63) is 362 Å². The van der Waals surface area contributed by atoms with E-state index >= 15 is 0 Å². The van der Waals surface area contributed by atoms with E-state index in [4.69, 9.17) is 10.2 Å². The Bertz CT molecular complexity index is 6360. The van der Waals surface area contributed by atoms with E-state index in [0.29, 0.717) is 23.5 Å². The molecule has 0 atom stereocenters. The Hall–Kier alpha value is -10.0. The van der Waals surface area contributed by atoms with Gasteiger partial charge >= 0.3 is 84.3 Å². The van der Waals surface area contributed by atoms with Gasteiger partial charge in [-0.25, -0.2) is 0 Å². The monoisotopic (exact) mass is 2370 g/mol. The van der Waals surface area contributed by atoms with Crippen LogP contribution in [-0.2, 0) is 106 Å². The van der Waals surface area contributed by atoms with Gasteiger partial charge in [-0.3, -0.25) is 19.9 Å². The van der Waals surface area contributed by atoms with Crippen molar-refractivity contribution in [3.63, 3.8) is 0 Å². The summed E-state index contributed by atoms with van der Waals surface area (Å²) in [4.78, 5) is 22.5. The van der Waals surface area contributed by atoms with Crippen LogP contribution in [0.5, 0.6) is 0 Å². The van der Waals surface area contributed by atoms with Gasteiger partial charge in [0.15, 0.2) is 25.1 Å². The average Bonchev–Trinajstić information content (AvgIpc) is 1.59. The minimum absolute atomic E-state index is 0. The van der Waals surface area contributed by atoms with E-state index in [1.165, 1.54) is 0 Å². The number of aromatic nitrogens is 14. The van der Waals surface area contributed by atoms with E-state index in [-0.39, 0.29) is 133 Å². The van der Waals surface area contributed by atoms with Crippen molar-refractivity contribution >= 4 is 149 Å². The summed E-state index contributed by atoms with van der Waals surface area (Å²) in [5, 5.41) is 41.1. The first-order chi connectivity index (χ1) is 58.1. The molecule has 616 valence electrons. The molecule has 8 heterocycles. The van der Waals surface area contributed by atoms with Crippen molar-refractivity contribution < 1.29 is 84.3 Å². The fourth-order valence-electron chi connectivity index (χ4n) is 15.3. The molecule has 0 aliphatic rings. The summed E-state index contributed by atoms with van der Waals surface area (Å²) in [6.45, 7) is 25.2. The van der Waals surface area contributed by atoms with Gasteiger partial charge in [-0.2, -0.15) is 212 Å². The van der Waals surface area contributed by atoms with Crippen molar-refractivity contribution in [1.29, 1.82) is 0 Å². The summed E-state index contributed by atoms with van der Waals surface area (Å²) in [6, 6.07) is 118. The largest absolute Gasteiger partial charge is 2.00 e. The fraction of sp³-hybridized carbons (Fsp3) is 0.160. The zero-order valence-electron chi connectivity index (χ0n) is 70.2. The molecular weight excluding hydrogens is 2280 g/mol. The van der Waals surface area contributed by atoms with Gasteiger partial charge in [0.1, 0.15) is 0 Å². The van der Waals surface area contributed by atoms with Crippen molar-refractivity contribution in [2.45, 2.75) is 124 Å². The molecule has 8 aromatic heterocycles. The summed E-state index contributed by atoms with van der Waals surface area (Å²) in [5.74, 6) is 1.85. The predicted octanol–water partition coefficient (Wildman–Crippen LogP) is 13.8. The Morgan fingerprint density at radius 1 is 0.274 bits per heavy atom. The summed E-state index contributed by atoms with van der Waals surface area (Å²) in [5.41, 5.74) is 16.6. The first kappa shape index (κ1) is 91.7. The third-order valence-electron chi connectivity index (χ3n) is 22.2. The molecular formula is C100H82B4N14Pt4S2. The van der Waals surface area contributed by atoms with E-state index in [1.54, 1.807) is 23.5 Å². The maximum atomic E-state index is 4.76. The molecule has 0 aliphatic carbocycles. The molecule has 0 aliphatic heterocycles. The van der Waals surface area contributed by atoms with Crippen molar-refractivity contribution in [1.82, 2.24) is 69.9 Å². The van der Waals surface area contributed by atoms with Gasteiger partial charge in [0, 0.05) is 69.0 Å². The molecule has 0 N–H and O–H groups in total. The van der Waals surface area contributed by atoms with Crippen molar-refractivity contribution in [2.75, 3.05) is 0 Å². The number of benzene rings is 10. The summed E-state index contributed by atoms with van der Waals surface area (Å²) < 4.78 is 4.00. The Kier molecular flexibility index (Phi) is 29.0. The van der Waals surface area contributed by atoms with Crippen LogP contribution in [0.2, 0.25) is 13.6 Å². The third kappa shape index (κ3) is 19.5. The smallest absolute Gasteiger partial charge is 0.326 e. The quantitative estimate of drug-likeness (QED) is 0.0523. The van der Waals surface area contributed by atoms with Crippen LogP contribution in [0, 0.1) is 48.5 Å². The van der Waals surface area contributed by atoms with E-state index in [1.807, 2.05) is 103 Å². The predicted molar refractivity (Wildman–Crippen MR) is 491 cm³/mol. The van der Waals surface area contributed by atoms with Gasteiger partial charge in [-0.1, -0.05) is 201 Å². The zero-order chi connectivity index (χ0) is 82.9. The Balaban J connectivity index is 0.000000209. The molecule has 24 heteroatoms. The minimum atomic E-state index is -0.331. The molecule has 18 aromatic rings. The first-order valence-corrected chi connectivity index (χ1v) is 41.9. The molecule has 0 radical (unpaired) electrons. The van der Waals surface area contributed by atoms with Gasteiger partial charge in [-0.05, 0) is 48.5 Å². The number of hydrogen-bond donors (Lipinski definition) is 0. The number of rotatable bonds is 20. The molecule has 0 fully saturated rings. The maximum absolute atomic E-state index is 4.76. The van der Waals surface area contributed by atoms with Crippen LogP contribution in [0.3, 0.4) is 0 Å². The Morgan fingerprint density at radius 2 is 0.589 bits per heavy atom. The molecule has 124 heavy (non-hydrogen) atoms. The SMILES string of the molecule is CB(c1[c-]c(B(c2[c-]c3c(cc2)c2ccc(B(c4[c-]c(B(C)c5ccccn5)ccc4)c4ccccc4)[c-]c2n3-c2nnc(C(C)(C)C)nn2)c2ccccc2)ccc1)c1ccccn1.CC(C)(C)c1nnc(-n2c3[c-]c(Sc4[c-]c(C(C)(C)c5ccccn5)ccc4)ccc3c3ccc(Sc4[c-]c(C(C)(C)c5ccccn5)ccc4)[c-]c32)nn1.[Pt+2].[Pt+2].[Pt+2].[Pt+2]. The van der Waals surface area contributed by atoms with Crippen LogP contribution in [0.4, 0.5) is 0 Å². The topological polar surface area (TPSA) is 165 Å². The molecule has 0 unspecified atom stereocenters. The van der Waals surface area contributed by atoms with Crippen LogP contribution < -0.4 is 54.9 Å². The van der Waals surface area contributed by atoms with Gasteiger partial charge in [0.2, 0.25) is 13.4 Å². The molecule has 0 spiro atoms. The number of pyridine rings is 4. The number of fused-ring (bicyclic) bond motifs is 6. The fourth-order valence-corrected chi connectivity index (χ4v) is 17.0. The standard InChI is InChI=1S/C54H43B4N7.C46H39N7S2.4Pt/c1-54(2,3)52-61-63-53(64-62-52)65-48-36-44(57(38-18-8-6-9-19-38)42-24-16-22-40(34-42)55(4)50-26-12-14-32-59-50)28-30-46(48)47-31-29-45(37-49(47)65)58(39-20-10-7-11-21-39)43-25-17-23-41(35-43)56(5)51-27-13-15-33-60-51;1-44(2,3)42-49-51-43(52-50-42)53-38-28-34(54-32-16-12-14-30(26-32)45(4,5)40-18-8-10-24-47-40)20-22-36(38)37-23-21-35(29-39(37)53)55-33-17-13-15-31(27-33)46(6,7)41-19-9-11-25-48-41;;;;/h6-33H,1-5H3;8-25H,1-7H3;;;;/q2*-4;4*+2. The van der Waals surface area contributed by atoms with E-state index in [0.717, 1.165) is 141 Å². The van der Waals surface area contributed by atoms with Crippen molar-refractivity contribution in [2.24, 2.45) is 0 Å². The second kappa shape index (κ2) is 39.3. The normalized spacial score (nSPS) is 11.5. The van der Waals surface area contributed by atoms with Crippen LogP contribution in [0.1, 0.15) is 103 Å². The van der Waals surface area contributed by atoms with Crippen molar-refractivity contribution in [3.8, 4) is 11.9 Å². The van der Waals surface area contributed by atoms with Crippen LogP contribution in [-0.4, -0.2) is 96.7 Å². The zero-order valence-corrected chi connectivity index (χ0v) is 80.9. The second-order valence-electron chi connectivity index (χ2n) is 33.2. The summed E-state index contributed by atoms with van der Waals surface area (Å²) in [6.07, 6.45) is 7.37. The molecule has 10 aromatic carbocycles. The van der Waals surface area contributed by atoms with Crippen LogP contribution in [0.25, 0.3) is 55.5 Å².